The van der Waals surface area contributed by atoms with E-state index in [4.69, 9.17) is 0 Å². The molecule has 0 aromatic heterocycles. The van der Waals surface area contributed by atoms with Gasteiger partial charge in [0.2, 0.25) is 11.8 Å². The van der Waals surface area contributed by atoms with Crippen molar-refractivity contribution < 1.29 is 9.59 Å². The van der Waals surface area contributed by atoms with E-state index in [0.717, 1.165) is 42.9 Å². The molecule has 0 bridgehead atoms. The Morgan fingerprint density at radius 2 is 1.44 bits per heavy atom. The molecule has 5 rings (SSSR count). The second-order valence-electron chi connectivity index (χ2n) is 8.57. The van der Waals surface area contributed by atoms with Gasteiger partial charge in [-0.3, -0.25) is 19.4 Å². The Hall–Kier alpha value is -3.44. The lowest BCUT2D eigenvalue weighted by molar-refractivity contribution is -0.119. The van der Waals surface area contributed by atoms with Crippen LogP contribution in [0.1, 0.15) is 29.2 Å². The molecule has 0 aliphatic carbocycles. The number of fused-ring (bicyclic) bond motifs is 3. The van der Waals surface area contributed by atoms with Crippen LogP contribution in [-0.4, -0.2) is 29.8 Å². The van der Waals surface area contributed by atoms with Gasteiger partial charge < -0.3 is 5.32 Å². The van der Waals surface area contributed by atoms with Crippen molar-refractivity contribution in [3.8, 4) is 0 Å². The predicted octanol–water partition coefficient (Wildman–Crippen LogP) is 4.47. The number of benzene rings is 3. The number of amides is 2. The van der Waals surface area contributed by atoms with Crippen LogP contribution in [-0.2, 0) is 35.4 Å². The van der Waals surface area contributed by atoms with E-state index in [9.17, 15) is 9.59 Å². The first kappa shape index (κ1) is 20.5. The Morgan fingerprint density at radius 3 is 2.09 bits per heavy atom. The third-order valence-corrected chi connectivity index (χ3v) is 6.39. The normalized spacial score (nSPS) is 15.2. The molecule has 0 saturated heterocycles. The summed E-state index contributed by atoms with van der Waals surface area (Å²) in [6.07, 6.45) is 2.67. The Kier molecular flexibility index (Phi) is 5.50. The maximum absolute atomic E-state index is 13.7. The highest BCUT2D eigenvalue weighted by molar-refractivity contribution is 6.03. The molecule has 0 spiro atoms. The SMILES string of the molecule is CC(=O)Nc1cccc2c1CCN(CC(=O)N1c3ccccc3CCc3ccccc31)C2. The molecule has 32 heavy (non-hydrogen) atoms. The Balaban J connectivity index is 1.41. The molecule has 5 heteroatoms. The molecule has 162 valence electrons. The van der Waals surface area contributed by atoms with Gasteiger partial charge in [0.1, 0.15) is 0 Å². The summed E-state index contributed by atoms with van der Waals surface area (Å²) in [6.45, 7) is 3.37. The second kappa shape index (κ2) is 8.60. The summed E-state index contributed by atoms with van der Waals surface area (Å²) < 4.78 is 0. The Labute approximate surface area is 188 Å². The van der Waals surface area contributed by atoms with Crippen LogP contribution in [0.2, 0.25) is 0 Å². The number of rotatable bonds is 3. The topological polar surface area (TPSA) is 52.7 Å². The summed E-state index contributed by atoms with van der Waals surface area (Å²) in [5.74, 6) is 0.0303. The lowest BCUT2D eigenvalue weighted by Gasteiger charge is -2.32. The highest BCUT2D eigenvalue weighted by atomic mass is 16.2. The molecule has 2 aliphatic rings. The van der Waals surface area contributed by atoms with Gasteiger partial charge in [-0.1, -0.05) is 48.5 Å². The number of hydrogen-bond donors (Lipinski definition) is 1. The fourth-order valence-electron chi connectivity index (χ4n) is 4.92. The van der Waals surface area contributed by atoms with Crippen LogP contribution < -0.4 is 10.2 Å². The summed E-state index contributed by atoms with van der Waals surface area (Å²) in [5.41, 5.74) is 7.64. The number of hydrogen-bond acceptors (Lipinski definition) is 3. The summed E-state index contributed by atoms with van der Waals surface area (Å²) in [4.78, 5) is 29.4. The van der Waals surface area contributed by atoms with Gasteiger partial charge in [0, 0.05) is 25.7 Å². The third-order valence-electron chi connectivity index (χ3n) is 6.39. The number of nitrogens with one attached hydrogen (secondary N) is 1. The minimum atomic E-state index is -0.0606. The van der Waals surface area contributed by atoms with Crippen molar-refractivity contribution in [2.24, 2.45) is 0 Å². The van der Waals surface area contributed by atoms with Crippen molar-refractivity contribution in [1.29, 1.82) is 0 Å². The van der Waals surface area contributed by atoms with E-state index in [1.165, 1.54) is 29.2 Å². The lowest BCUT2D eigenvalue weighted by Crippen LogP contribution is -2.41. The highest BCUT2D eigenvalue weighted by Crippen LogP contribution is 2.36. The van der Waals surface area contributed by atoms with E-state index in [0.29, 0.717) is 13.1 Å². The van der Waals surface area contributed by atoms with Crippen molar-refractivity contribution in [3.63, 3.8) is 0 Å². The molecular weight excluding hydrogens is 398 g/mol. The Bertz CT molecular complexity index is 1140. The molecule has 2 heterocycles. The van der Waals surface area contributed by atoms with Crippen LogP contribution in [0, 0.1) is 0 Å². The van der Waals surface area contributed by atoms with E-state index in [1.807, 2.05) is 41.3 Å². The number of carbonyl (C=O) groups is 2. The zero-order chi connectivity index (χ0) is 22.1. The largest absolute Gasteiger partial charge is 0.326 e. The number of para-hydroxylation sites is 2. The number of anilines is 3. The molecule has 5 nitrogen and oxygen atoms in total. The minimum absolute atomic E-state index is 0.0606. The highest BCUT2D eigenvalue weighted by Gasteiger charge is 2.28. The summed E-state index contributed by atoms with van der Waals surface area (Å²) in [5, 5.41) is 2.94. The van der Waals surface area contributed by atoms with E-state index in [1.54, 1.807) is 0 Å². The van der Waals surface area contributed by atoms with Crippen molar-refractivity contribution in [2.45, 2.75) is 32.7 Å². The van der Waals surface area contributed by atoms with E-state index >= 15 is 0 Å². The molecule has 1 N–H and O–H groups in total. The minimum Gasteiger partial charge on any atom is -0.326 e. The molecule has 2 amide bonds. The monoisotopic (exact) mass is 425 g/mol. The Morgan fingerprint density at radius 1 is 0.812 bits per heavy atom. The molecule has 2 aliphatic heterocycles. The van der Waals surface area contributed by atoms with Crippen LogP contribution >= 0.6 is 0 Å². The van der Waals surface area contributed by atoms with Gasteiger partial charge in [-0.05, 0) is 59.7 Å². The quantitative estimate of drug-likeness (QED) is 0.674. The third kappa shape index (κ3) is 3.92. The van der Waals surface area contributed by atoms with Crippen molar-refractivity contribution >= 4 is 28.9 Å². The van der Waals surface area contributed by atoms with Gasteiger partial charge in [0.15, 0.2) is 0 Å². The van der Waals surface area contributed by atoms with Crippen molar-refractivity contribution in [1.82, 2.24) is 4.90 Å². The average Bonchev–Trinajstić information content (AvgIpc) is 2.96. The summed E-state index contributed by atoms with van der Waals surface area (Å²) in [7, 11) is 0. The lowest BCUT2D eigenvalue weighted by atomic mass is 9.97. The van der Waals surface area contributed by atoms with Gasteiger partial charge in [0.05, 0.1) is 17.9 Å². The zero-order valence-electron chi connectivity index (χ0n) is 18.3. The molecule has 0 atom stereocenters. The van der Waals surface area contributed by atoms with E-state index in [2.05, 4.69) is 40.5 Å². The molecule has 0 unspecified atom stereocenters. The predicted molar refractivity (Wildman–Crippen MR) is 127 cm³/mol. The average molecular weight is 426 g/mol. The summed E-state index contributed by atoms with van der Waals surface area (Å²) in [6, 6.07) is 22.5. The molecular formula is C27H27N3O2. The first-order valence-electron chi connectivity index (χ1n) is 11.2. The number of aryl methyl sites for hydroxylation is 2. The zero-order valence-corrected chi connectivity index (χ0v) is 18.3. The molecule has 3 aromatic carbocycles. The number of carbonyl (C=O) groups excluding carboxylic acids is 2. The van der Waals surface area contributed by atoms with Crippen LogP contribution in [0.4, 0.5) is 17.1 Å². The van der Waals surface area contributed by atoms with Gasteiger partial charge >= 0.3 is 0 Å². The van der Waals surface area contributed by atoms with E-state index < -0.39 is 0 Å². The van der Waals surface area contributed by atoms with Crippen LogP contribution in [0.5, 0.6) is 0 Å². The molecule has 3 aromatic rings. The summed E-state index contributed by atoms with van der Waals surface area (Å²) >= 11 is 0. The van der Waals surface area contributed by atoms with Gasteiger partial charge in [0.25, 0.3) is 0 Å². The molecule has 0 saturated carbocycles. The van der Waals surface area contributed by atoms with Crippen LogP contribution in [0.15, 0.2) is 66.7 Å². The molecule has 0 fully saturated rings. The van der Waals surface area contributed by atoms with E-state index in [-0.39, 0.29) is 11.8 Å². The second-order valence-corrected chi connectivity index (χ2v) is 8.57. The van der Waals surface area contributed by atoms with Gasteiger partial charge in [-0.2, -0.15) is 0 Å². The van der Waals surface area contributed by atoms with Crippen LogP contribution in [0.3, 0.4) is 0 Å². The van der Waals surface area contributed by atoms with Crippen LogP contribution in [0.25, 0.3) is 0 Å². The standard InChI is InChI=1S/C27H27N3O2/c1-19(31)28-24-10-6-9-22-17-29(16-15-23(22)24)18-27(32)30-25-11-4-2-7-20(25)13-14-21-8-3-5-12-26(21)30/h2-12H,13-18H2,1H3,(H,28,31). The van der Waals surface area contributed by atoms with Crippen molar-refractivity contribution in [3.05, 3.63) is 89.0 Å². The first-order valence-corrected chi connectivity index (χ1v) is 11.2. The first-order chi connectivity index (χ1) is 15.6. The number of nitrogens with zero attached hydrogens (tertiary/aromatic N) is 2. The maximum Gasteiger partial charge on any atom is 0.245 e. The van der Waals surface area contributed by atoms with Crippen molar-refractivity contribution in [2.75, 3.05) is 23.3 Å². The fraction of sp³-hybridized carbons (Fsp3) is 0.259. The molecule has 0 radical (unpaired) electrons. The maximum atomic E-state index is 13.7. The van der Waals surface area contributed by atoms with Gasteiger partial charge in [-0.25, -0.2) is 0 Å². The fourth-order valence-corrected chi connectivity index (χ4v) is 4.92. The van der Waals surface area contributed by atoms with Gasteiger partial charge in [-0.15, -0.1) is 0 Å². The smallest absolute Gasteiger partial charge is 0.245 e.